The Morgan fingerprint density at radius 3 is 2.73 bits per heavy atom. The fraction of sp³-hybridized carbons (Fsp3) is 0.364. The van der Waals surface area contributed by atoms with Crippen molar-refractivity contribution in [3.63, 3.8) is 0 Å². The molecule has 0 bridgehead atoms. The van der Waals surface area contributed by atoms with Crippen LogP contribution in [-0.4, -0.2) is 19.6 Å². The van der Waals surface area contributed by atoms with Gasteiger partial charge in [-0.1, -0.05) is 0 Å². The van der Waals surface area contributed by atoms with E-state index in [2.05, 4.69) is 0 Å². The minimum absolute atomic E-state index is 0.0513. The van der Waals surface area contributed by atoms with E-state index in [0.29, 0.717) is 18.8 Å². The number of ether oxygens (including phenoxy) is 2. The van der Waals surface area contributed by atoms with Crippen molar-refractivity contribution in [1.29, 1.82) is 5.41 Å². The molecule has 4 nitrogen and oxygen atoms in total. The van der Waals surface area contributed by atoms with Crippen molar-refractivity contribution in [2.75, 3.05) is 13.7 Å². The summed E-state index contributed by atoms with van der Waals surface area (Å²) < 4.78 is 10.5. The number of hydrogen-bond acceptors (Lipinski definition) is 3. The maximum Gasteiger partial charge on any atom is 0.124 e. The summed E-state index contributed by atoms with van der Waals surface area (Å²) >= 11 is 0. The van der Waals surface area contributed by atoms with E-state index in [1.807, 2.05) is 13.0 Å². The van der Waals surface area contributed by atoms with Crippen LogP contribution in [0.2, 0.25) is 0 Å². The summed E-state index contributed by atoms with van der Waals surface area (Å²) in [5.41, 5.74) is 7.00. The van der Waals surface area contributed by atoms with Gasteiger partial charge >= 0.3 is 0 Å². The highest BCUT2D eigenvalue weighted by molar-refractivity contribution is 5.95. The molecule has 0 aromatic heterocycles. The maximum absolute atomic E-state index is 7.33. The van der Waals surface area contributed by atoms with Crippen LogP contribution in [0.1, 0.15) is 18.1 Å². The van der Waals surface area contributed by atoms with Gasteiger partial charge in [-0.05, 0) is 25.1 Å². The number of rotatable bonds is 5. The molecule has 15 heavy (non-hydrogen) atoms. The fourth-order valence-electron chi connectivity index (χ4n) is 1.27. The molecule has 0 aliphatic rings. The number of hydrogen-bond donors (Lipinski definition) is 2. The molecule has 0 amide bonds. The van der Waals surface area contributed by atoms with Gasteiger partial charge in [0.25, 0.3) is 0 Å². The number of nitrogens with one attached hydrogen (secondary N) is 1. The highest BCUT2D eigenvalue weighted by Crippen LogP contribution is 2.20. The predicted molar refractivity (Wildman–Crippen MR) is 59.3 cm³/mol. The lowest BCUT2D eigenvalue weighted by Gasteiger charge is -2.10. The van der Waals surface area contributed by atoms with Crippen LogP contribution in [0.15, 0.2) is 18.2 Å². The van der Waals surface area contributed by atoms with Gasteiger partial charge in [0.2, 0.25) is 0 Å². The number of amidine groups is 1. The third-order valence-electron chi connectivity index (χ3n) is 2.05. The number of methoxy groups -OCH3 is 1. The number of nitrogens with two attached hydrogens (primary N) is 1. The average molecular weight is 208 g/mol. The zero-order valence-corrected chi connectivity index (χ0v) is 9.04. The minimum atomic E-state index is 0.0513. The van der Waals surface area contributed by atoms with Crippen LogP contribution in [0.25, 0.3) is 0 Å². The molecule has 0 spiro atoms. The van der Waals surface area contributed by atoms with E-state index in [-0.39, 0.29) is 5.84 Å². The summed E-state index contributed by atoms with van der Waals surface area (Å²) in [6.45, 7) is 3.05. The first-order chi connectivity index (χ1) is 7.19. The monoisotopic (exact) mass is 208 g/mol. The van der Waals surface area contributed by atoms with E-state index in [1.54, 1.807) is 19.2 Å². The van der Waals surface area contributed by atoms with Gasteiger partial charge in [0, 0.05) is 17.7 Å². The molecule has 1 aromatic rings. The lowest BCUT2D eigenvalue weighted by molar-refractivity contribution is 0.132. The van der Waals surface area contributed by atoms with Crippen molar-refractivity contribution in [3.8, 4) is 5.75 Å². The van der Waals surface area contributed by atoms with Crippen molar-refractivity contribution in [2.24, 2.45) is 5.73 Å². The zero-order chi connectivity index (χ0) is 11.3. The molecule has 0 aliphatic heterocycles. The van der Waals surface area contributed by atoms with E-state index in [4.69, 9.17) is 20.6 Å². The zero-order valence-electron chi connectivity index (χ0n) is 9.04. The Bertz CT molecular complexity index is 350. The quantitative estimate of drug-likeness (QED) is 0.569. The van der Waals surface area contributed by atoms with Gasteiger partial charge in [-0.3, -0.25) is 5.41 Å². The fourth-order valence-corrected chi connectivity index (χ4v) is 1.27. The maximum atomic E-state index is 7.33. The second kappa shape index (κ2) is 5.36. The van der Waals surface area contributed by atoms with Crippen molar-refractivity contribution in [1.82, 2.24) is 0 Å². The number of nitrogen functional groups attached to an aromatic ring is 1. The van der Waals surface area contributed by atoms with Gasteiger partial charge < -0.3 is 15.2 Å². The second-order valence-electron chi connectivity index (χ2n) is 3.08. The second-order valence-corrected chi connectivity index (χ2v) is 3.08. The van der Waals surface area contributed by atoms with Crippen LogP contribution >= 0.6 is 0 Å². The van der Waals surface area contributed by atoms with Crippen molar-refractivity contribution in [3.05, 3.63) is 29.3 Å². The van der Waals surface area contributed by atoms with Gasteiger partial charge in [-0.25, -0.2) is 0 Å². The minimum Gasteiger partial charge on any atom is -0.496 e. The number of benzene rings is 1. The summed E-state index contributed by atoms with van der Waals surface area (Å²) in [6.07, 6.45) is 0. The Hall–Kier alpha value is -1.55. The molecule has 1 aromatic carbocycles. The molecule has 0 heterocycles. The molecule has 82 valence electrons. The Balaban J connectivity index is 2.96. The Kier molecular flexibility index (Phi) is 4.12. The first-order valence-electron chi connectivity index (χ1n) is 4.78. The molecular weight excluding hydrogens is 192 g/mol. The van der Waals surface area contributed by atoms with Crippen LogP contribution < -0.4 is 10.5 Å². The molecule has 0 unspecified atom stereocenters. The molecule has 0 aliphatic carbocycles. The molecular formula is C11H16N2O2. The largest absolute Gasteiger partial charge is 0.496 e. The van der Waals surface area contributed by atoms with Gasteiger partial charge in [-0.2, -0.15) is 0 Å². The van der Waals surface area contributed by atoms with Gasteiger partial charge in [0.15, 0.2) is 0 Å². The summed E-state index contributed by atoms with van der Waals surface area (Å²) in [7, 11) is 1.61. The molecule has 3 N–H and O–H groups in total. The van der Waals surface area contributed by atoms with Gasteiger partial charge in [0.1, 0.15) is 11.6 Å². The van der Waals surface area contributed by atoms with Crippen molar-refractivity contribution >= 4 is 5.84 Å². The van der Waals surface area contributed by atoms with Crippen molar-refractivity contribution in [2.45, 2.75) is 13.5 Å². The smallest absolute Gasteiger partial charge is 0.124 e. The van der Waals surface area contributed by atoms with Crippen LogP contribution in [0.5, 0.6) is 5.75 Å². The highest BCUT2D eigenvalue weighted by atomic mass is 16.5. The average Bonchev–Trinajstić information content (AvgIpc) is 2.25. The Morgan fingerprint density at radius 1 is 1.47 bits per heavy atom. The lowest BCUT2D eigenvalue weighted by atomic mass is 10.1. The predicted octanol–water partition coefficient (Wildman–Crippen LogP) is 1.52. The standard InChI is InChI=1S/C11H16N2O2/c1-3-15-7-9-6-8(11(12)13)4-5-10(9)14-2/h4-6H,3,7H2,1-2H3,(H3,12,13). The molecule has 4 heteroatoms. The molecule has 0 atom stereocenters. The van der Waals surface area contributed by atoms with E-state index in [1.165, 1.54) is 0 Å². The molecule has 0 radical (unpaired) electrons. The van der Waals surface area contributed by atoms with E-state index < -0.39 is 0 Å². The third-order valence-corrected chi connectivity index (χ3v) is 2.05. The Labute approximate surface area is 89.5 Å². The van der Waals surface area contributed by atoms with Crippen LogP contribution in [0.3, 0.4) is 0 Å². The van der Waals surface area contributed by atoms with Crippen molar-refractivity contribution < 1.29 is 9.47 Å². The summed E-state index contributed by atoms with van der Waals surface area (Å²) in [4.78, 5) is 0. The third kappa shape index (κ3) is 2.95. The van der Waals surface area contributed by atoms with Gasteiger partial charge in [-0.15, -0.1) is 0 Å². The van der Waals surface area contributed by atoms with E-state index in [9.17, 15) is 0 Å². The van der Waals surface area contributed by atoms with Crippen LogP contribution in [-0.2, 0) is 11.3 Å². The normalized spacial score (nSPS) is 10.0. The highest BCUT2D eigenvalue weighted by Gasteiger charge is 2.05. The molecule has 0 fully saturated rings. The molecule has 1 rings (SSSR count). The summed E-state index contributed by atoms with van der Waals surface area (Å²) in [6, 6.07) is 5.37. The molecule has 0 saturated carbocycles. The van der Waals surface area contributed by atoms with Crippen LogP contribution in [0, 0.1) is 5.41 Å². The summed E-state index contributed by atoms with van der Waals surface area (Å²) in [5.74, 6) is 0.809. The Morgan fingerprint density at radius 2 is 2.20 bits per heavy atom. The van der Waals surface area contributed by atoms with Gasteiger partial charge in [0.05, 0.1) is 13.7 Å². The van der Waals surface area contributed by atoms with E-state index >= 15 is 0 Å². The van der Waals surface area contributed by atoms with Crippen LogP contribution in [0.4, 0.5) is 0 Å². The first kappa shape index (κ1) is 11.5. The van der Waals surface area contributed by atoms with E-state index in [0.717, 1.165) is 11.3 Å². The first-order valence-corrected chi connectivity index (χ1v) is 4.78. The molecule has 0 saturated heterocycles. The summed E-state index contributed by atoms with van der Waals surface area (Å²) in [5, 5.41) is 7.33. The topological polar surface area (TPSA) is 68.3 Å². The SMILES string of the molecule is CCOCc1cc(C(=N)N)ccc1OC. The lowest BCUT2D eigenvalue weighted by Crippen LogP contribution is -2.11.